The summed E-state index contributed by atoms with van der Waals surface area (Å²) in [6.07, 6.45) is 5.69. The molecule has 0 spiro atoms. The average Bonchev–Trinajstić information content (AvgIpc) is 2.96. The lowest BCUT2D eigenvalue weighted by molar-refractivity contribution is -0.138. The van der Waals surface area contributed by atoms with Crippen LogP contribution in [0.1, 0.15) is 31.4 Å². The fourth-order valence-electron chi connectivity index (χ4n) is 3.36. The minimum atomic E-state index is -0.580. The Balaban J connectivity index is 1.52. The summed E-state index contributed by atoms with van der Waals surface area (Å²) in [6.45, 7) is 4.22. The summed E-state index contributed by atoms with van der Waals surface area (Å²) in [4.78, 5) is 21.2. The second-order valence-electron chi connectivity index (χ2n) is 6.25. The maximum Gasteiger partial charge on any atom is 0.242 e. The first-order chi connectivity index (χ1) is 10.2. The first-order valence-electron chi connectivity index (χ1n) is 7.88. The van der Waals surface area contributed by atoms with E-state index < -0.39 is 5.54 Å². The number of aromatic nitrogens is 1. The molecule has 1 saturated carbocycles. The van der Waals surface area contributed by atoms with Gasteiger partial charge in [-0.3, -0.25) is 14.7 Å². The summed E-state index contributed by atoms with van der Waals surface area (Å²) < 4.78 is 0. The summed E-state index contributed by atoms with van der Waals surface area (Å²) >= 11 is 0. The van der Waals surface area contributed by atoms with Crippen molar-refractivity contribution in [2.45, 2.75) is 37.8 Å². The minimum Gasteiger partial charge on any atom is -0.339 e. The van der Waals surface area contributed by atoms with Crippen LogP contribution in [0, 0.1) is 0 Å². The van der Waals surface area contributed by atoms with Gasteiger partial charge in [-0.15, -0.1) is 0 Å². The van der Waals surface area contributed by atoms with Gasteiger partial charge in [-0.25, -0.2) is 0 Å². The van der Waals surface area contributed by atoms with Gasteiger partial charge in [-0.1, -0.05) is 18.9 Å². The van der Waals surface area contributed by atoms with Crippen molar-refractivity contribution in [2.75, 3.05) is 26.2 Å². The normalized spacial score (nSPS) is 22.4. The number of hydrogen-bond donors (Lipinski definition) is 1. The lowest BCUT2D eigenvalue weighted by atomic mass is 9.97. The minimum absolute atomic E-state index is 0.164. The van der Waals surface area contributed by atoms with Crippen molar-refractivity contribution >= 4 is 5.91 Å². The van der Waals surface area contributed by atoms with Crippen LogP contribution in [0.15, 0.2) is 24.4 Å². The van der Waals surface area contributed by atoms with Crippen molar-refractivity contribution in [2.24, 2.45) is 5.73 Å². The summed E-state index contributed by atoms with van der Waals surface area (Å²) in [7, 11) is 0. The van der Waals surface area contributed by atoms with E-state index in [1.807, 2.05) is 29.3 Å². The Kier molecular flexibility index (Phi) is 4.22. The Morgan fingerprint density at radius 2 is 1.90 bits per heavy atom. The van der Waals surface area contributed by atoms with Crippen LogP contribution < -0.4 is 5.73 Å². The third kappa shape index (κ3) is 3.24. The van der Waals surface area contributed by atoms with Gasteiger partial charge in [0.25, 0.3) is 0 Å². The zero-order valence-electron chi connectivity index (χ0n) is 12.5. The van der Waals surface area contributed by atoms with Gasteiger partial charge in [0.05, 0.1) is 11.2 Å². The van der Waals surface area contributed by atoms with Crippen LogP contribution in [0.2, 0.25) is 0 Å². The van der Waals surface area contributed by atoms with Crippen LogP contribution in [0.3, 0.4) is 0 Å². The van der Waals surface area contributed by atoms with Gasteiger partial charge in [-0.2, -0.15) is 0 Å². The molecule has 5 nitrogen and oxygen atoms in total. The van der Waals surface area contributed by atoms with Gasteiger partial charge in [-0.05, 0) is 25.0 Å². The van der Waals surface area contributed by atoms with Crippen LogP contribution in [-0.4, -0.2) is 52.4 Å². The highest BCUT2D eigenvalue weighted by Crippen LogP contribution is 2.29. The van der Waals surface area contributed by atoms with Gasteiger partial charge >= 0.3 is 0 Å². The maximum atomic E-state index is 12.6. The van der Waals surface area contributed by atoms with Crippen LogP contribution in [0.4, 0.5) is 0 Å². The highest BCUT2D eigenvalue weighted by atomic mass is 16.2. The topological polar surface area (TPSA) is 62.5 Å². The molecule has 3 rings (SSSR count). The molecule has 21 heavy (non-hydrogen) atoms. The van der Waals surface area contributed by atoms with Crippen molar-refractivity contribution in [1.29, 1.82) is 0 Å². The quantitative estimate of drug-likeness (QED) is 0.901. The number of rotatable bonds is 3. The van der Waals surface area contributed by atoms with Gasteiger partial charge in [0.1, 0.15) is 0 Å². The number of amides is 1. The monoisotopic (exact) mass is 288 g/mol. The largest absolute Gasteiger partial charge is 0.339 e. The van der Waals surface area contributed by atoms with Crippen molar-refractivity contribution < 1.29 is 4.79 Å². The molecule has 0 radical (unpaired) electrons. The van der Waals surface area contributed by atoms with E-state index in [0.717, 1.165) is 64.1 Å². The Hall–Kier alpha value is -1.46. The Morgan fingerprint density at radius 3 is 2.52 bits per heavy atom. The molecular formula is C16H24N4O. The molecule has 1 aliphatic carbocycles. The number of carbonyl (C=O) groups is 1. The molecule has 114 valence electrons. The fourth-order valence-corrected chi connectivity index (χ4v) is 3.36. The lowest BCUT2D eigenvalue weighted by Crippen LogP contribution is -2.58. The van der Waals surface area contributed by atoms with E-state index in [2.05, 4.69) is 9.88 Å². The van der Waals surface area contributed by atoms with Gasteiger partial charge < -0.3 is 10.6 Å². The molecule has 0 aromatic carbocycles. The SMILES string of the molecule is NC1(C(=O)N2CCN(Cc3ccccn3)CC2)CCCC1. The lowest BCUT2D eigenvalue weighted by Gasteiger charge is -2.38. The van der Waals surface area contributed by atoms with Crippen molar-refractivity contribution in [1.82, 2.24) is 14.8 Å². The van der Waals surface area contributed by atoms with Crippen LogP contribution in [0.5, 0.6) is 0 Å². The third-order valence-electron chi connectivity index (χ3n) is 4.69. The predicted octanol–water partition coefficient (Wildman–Crippen LogP) is 0.997. The molecule has 0 atom stereocenters. The van der Waals surface area contributed by atoms with Crippen LogP contribution >= 0.6 is 0 Å². The van der Waals surface area contributed by atoms with Crippen LogP contribution in [0.25, 0.3) is 0 Å². The van der Waals surface area contributed by atoms with E-state index in [1.54, 1.807) is 0 Å². The number of carbonyl (C=O) groups excluding carboxylic acids is 1. The summed E-state index contributed by atoms with van der Waals surface area (Å²) in [5, 5.41) is 0. The summed E-state index contributed by atoms with van der Waals surface area (Å²) in [6, 6.07) is 5.99. The molecule has 0 bridgehead atoms. The number of nitrogens with two attached hydrogens (primary N) is 1. The molecule has 1 aliphatic heterocycles. The van der Waals surface area contributed by atoms with Crippen LogP contribution in [-0.2, 0) is 11.3 Å². The van der Waals surface area contributed by atoms with E-state index in [1.165, 1.54) is 0 Å². The standard InChI is InChI=1S/C16H24N4O/c17-16(6-2-3-7-16)15(21)20-11-9-19(10-12-20)13-14-5-1-4-8-18-14/h1,4-5,8H,2-3,6-7,9-13,17H2. The van der Waals surface area contributed by atoms with E-state index in [9.17, 15) is 4.79 Å². The summed E-state index contributed by atoms with van der Waals surface area (Å²) in [5.74, 6) is 0.164. The highest BCUT2D eigenvalue weighted by Gasteiger charge is 2.40. The van der Waals surface area contributed by atoms with E-state index in [0.29, 0.717) is 0 Å². The molecule has 2 N–H and O–H groups in total. The second kappa shape index (κ2) is 6.12. The highest BCUT2D eigenvalue weighted by molar-refractivity contribution is 5.86. The van der Waals surface area contributed by atoms with E-state index in [-0.39, 0.29) is 5.91 Å². The zero-order valence-corrected chi connectivity index (χ0v) is 12.5. The van der Waals surface area contributed by atoms with E-state index in [4.69, 9.17) is 5.73 Å². The van der Waals surface area contributed by atoms with Gasteiger partial charge in [0, 0.05) is 38.9 Å². The summed E-state index contributed by atoms with van der Waals surface area (Å²) in [5.41, 5.74) is 6.78. The van der Waals surface area contributed by atoms with Crippen molar-refractivity contribution in [3.05, 3.63) is 30.1 Å². The van der Waals surface area contributed by atoms with Gasteiger partial charge in [0.15, 0.2) is 0 Å². The third-order valence-corrected chi connectivity index (χ3v) is 4.69. The number of piperazine rings is 1. The van der Waals surface area contributed by atoms with Crippen molar-refractivity contribution in [3.63, 3.8) is 0 Å². The van der Waals surface area contributed by atoms with E-state index >= 15 is 0 Å². The van der Waals surface area contributed by atoms with Gasteiger partial charge in [0.2, 0.25) is 5.91 Å². The molecule has 0 unspecified atom stereocenters. The van der Waals surface area contributed by atoms with Crippen molar-refractivity contribution in [3.8, 4) is 0 Å². The molecule has 5 heteroatoms. The average molecular weight is 288 g/mol. The smallest absolute Gasteiger partial charge is 0.242 e. The Bertz CT molecular complexity index is 476. The first-order valence-corrected chi connectivity index (χ1v) is 7.88. The Morgan fingerprint density at radius 1 is 1.19 bits per heavy atom. The number of nitrogens with zero attached hydrogens (tertiary/aromatic N) is 3. The first kappa shape index (κ1) is 14.5. The fraction of sp³-hybridized carbons (Fsp3) is 0.625. The predicted molar refractivity (Wildman–Crippen MR) is 81.5 cm³/mol. The Labute approximate surface area is 126 Å². The molecule has 1 amide bonds. The number of pyridine rings is 1. The zero-order chi connectivity index (χ0) is 14.7. The number of hydrogen-bond acceptors (Lipinski definition) is 4. The molecule has 2 fully saturated rings. The molecule has 1 aromatic rings. The molecule has 1 saturated heterocycles. The second-order valence-corrected chi connectivity index (χ2v) is 6.25. The molecule has 2 heterocycles. The molecular weight excluding hydrogens is 264 g/mol. The molecule has 1 aromatic heterocycles. The molecule has 2 aliphatic rings. The maximum absolute atomic E-state index is 12.6.